The largest absolute Gasteiger partial charge is 0.481 e. The van der Waals surface area contributed by atoms with Gasteiger partial charge in [0.15, 0.2) is 0 Å². The molecule has 0 saturated carbocycles. The molecule has 2 N–H and O–H groups in total. The van der Waals surface area contributed by atoms with E-state index in [9.17, 15) is 19.5 Å². The highest BCUT2D eigenvalue weighted by atomic mass is 32.1. The summed E-state index contributed by atoms with van der Waals surface area (Å²) in [6.07, 6.45) is 1.35. The minimum atomic E-state index is -0.952. The van der Waals surface area contributed by atoms with Gasteiger partial charge in [0.1, 0.15) is 0 Å². The van der Waals surface area contributed by atoms with Crippen molar-refractivity contribution < 1.29 is 19.5 Å². The van der Waals surface area contributed by atoms with Crippen LogP contribution in [-0.4, -0.2) is 40.9 Å². The molecule has 194 valence electrons. The van der Waals surface area contributed by atoms with Crippen LogP contribution in [0.4, 0.5) is 0 Å². The topological polar surface area (TPSA) is 86.7 Å². The first-order valence-electron chi connectivity index (χ1n) is 12.6. The molecule has 0 fully saturated rings. The second-order valence-corrected chi connectivity index (χ2v) is 9.91. The molecule has 0 aliphatic heterocycles. The van der Waals surface area contributed by atoms with Crippen molar-refractivity contribution in [3.8, 4) is 11.1 Å². The molecule has 0 aliphatic rings. The molecule has 6 nitrogen and oxygen atoms in total. The number of rotatable bonds is 12. The van der Waals surface area contributed by atoms with E-state index in [1.54, 1.807) is 40.5 Å². The predicted octanol–water partition coefficient (Wildman–Crippen LogP) is 5.89. The molecular formula is C31H30N2O4S. The van der Waals surface area contributed by atoms with E-state index in [0.717, 1.165) is 11.3 Å². The molecule has 0 aliphatic carbocycles. The Kier molecular flexibility index (Phi) is 9.43. The number of aryl methyl sites for hydroxylation is 1. The normalized spacial score (nSPS) is 10.6. The lowest BCUT2D eigenvalue weighted by atomic mass is 9.94. The Balaban J connectivity index is 1.57. The first kappa shape index (κ1) is 26.8. The third kappa shape index (κ3) is 7.17. The minimum absolute atomic E-state index is 0.111. The van der Waals surface area contributed by atoms with Crippen LogP contribution in [0.1, 0.15) is 44.0 Å². The smallest absolute Gasteiger partial charge is 0.305 e. The summed E-state index contributed by atoms with van der Waals surface area (Å²) in [5.41, 5.74) is 3.38. The third-order valence-corrected chi connectivity index (χ3v) is 7.12. The maximum Gasteiger partial charge on any atom is 0.305 e. The second kappa shape index (κ2) is 13.4. The summed E-state index contributed by atoms with van der Waals surface area (Å²) in [5, 5.41) is 14.2. The second-order valence-electron chi connectivity index (χ2n) is 8.88. The van der Waals surface area contributed by atoms with Crippen molar-refractivity contribution in [3.63, 3.8) is 0 Å². The molecule has 1 heterocycles. The lowest BCUT2D eigenvalue weighted by Crippen LogP contribution is -2.34. The molecular weight excluding hydrogens is 496 g/mol. The van der Waals surface area contributed by atoms with Gasteiger partial charge in [-0.1, -0.05) is 72.8 Å². The lowest BCUT2D eigenvalue weighted by Gasteiger charge is -2.24. The molecule has 0 saturated heterocycles. The Bertz CT molecular complexity index is 1370. The van der Waals surface area contributed by atoms with Gasteiger partial charge in [-0.3, -0.25) is 14.4 Å². The van der Waals surface area contributed by atoms with Crippen molar-refractivity contribution in [2.45, 2.75) is 25.8 Å². The maximum atomic E-state index is 13.8. The van der Waals surface area contributed by atoms with Gasteiger partial charge in [0.2, 0.25) is 0 Å². The van der Waals surface area contributed by atoms with Gasteiger partial charge in [-0.25, -0.2) is 0 Å². The molecule has 38 heavy (non-hydrogen) atoms. The molecule has 7 heteroatoms. The van der Waals surface area contributed by atoms with Crippen LogP contribution in [0.3, 0.4) is 0 Å². The summed E-state index contributed by atoms with van der Waals surface area (Å²) in [7, 11) is 0. The number of carboxylic acids is 1. The van der Waals surface area contributed by atoms with E-state index in [2.05, 4.69) is 5.32 Å². The Morgan fingerprint density at radius 3 is 2.11 bits per heavy atom. The van der Waals surface area contributed by atoms with Crippen molar-refractivity contribution in [1.29, 1.82) is 0 Å². The van der Waals surface area contributed by atoms with E-state index in [1.807, 2.05) is 72.1 Å². The average molecular weight is 527 g/mol. The third-order valence-electron chi connectivity index (χ3n) is 6.24. The van der Waals surface area contributed by atoms with Crippen LogP contribution in [0.15, 0.2) is 96.4 Å². The Hall–Kier alpha value is -4.23. The number of thiophene rings is 1. The van der Waals surface area contributed by atoms with Crippen molar-refractivity contribution in [2.24, 2.45) is 0 Å². The molecule has 0 spiro atoms. The van der Waals surface area contributed by atoms with Gasteiger partial charge < -0.3 is 15.3 Å². The molecule has 1 aromatic heterocycles. The molecule has 0 unspecified atom stereocenters. The summed E-state index contributed by atoms with van der Waals surface area (Å²) in [6.45, 7) is 0.967. The monoisotopic (exact) mass is 526 g/mol. The SMILES string of the molecule is O=C(O)CCN(CCCc1ccccc1)C(=O)c1ccccc1-c1ccccc1C(=O)NCc1cccs1. The highest BCUT2D eigenvalue weighted by Gasteiger charge is 2.22. The maximum absolute atomic E-state index is 13.8. The van der Waals surface area contributed by atoms with Gasteiger partial charge in [0.25, 0.3) is 11.8 Å². The Morgan fingerprint density at radius 2 is 1.42 bits per heavy atom. The van der Waals surface area contributed by atoms with Crippen LogP contribution >= 0.6 is 11.3 Å². The number of nitrogens with zero attached hydrogens (tertiary/aromatic N) is 1. The number of aliphatic carboxylic acids is 1. The van der Waals surface area contributed by atoms with E-state index in [4.69, 9.17) is 0 Å². The number of benzene rings is 3. The number of nitrogens with one attached hydrogen (secondary N) is 1. The van der Waals surface area contributed by atoms with Gasteiger partial charge >= 0.3 is 5.97 Å². The fraction of sp³-hybridized carbons (Fsp3) is 0.194. The Labute approximate surface area is 226 Å². The van der Waals surface area contributed by atoms with E-state index < -0.39 is 5.97 Å². The zero-order chi connectivity index (χ0) is 26.7. The van der Waals surface area contributed by atoms with Gasteiger partial charge in [0.05, 0.1) is 13.0 Å². The van der Waals surface area contributed by atoms with Gasteiger partial charge in [-0.05, 0) is 53.1 Å². The van der Waals surface area contributed by atoms with Gasteiger partial charge in [0, 0.05) is 29.1 Å². The van der Waals surface area contributed by atoms with Crippen molar-refractivity contribution in [1.82, 2.24) is 10.2 Å². The summed E-state index contributed by atoms with van der Waals surface area (Å²) < 4.78 is 0. The van der Waals surface area contributed by atoms with E-state index in [1.165, 1.54) is 5.56 Å². The Morgan fingerprint density at radius 1 is 0.763 bits per heavy atom. The van der Waals surface area contributed by atoms with Crippen LogP contribution in [0.2, 0.25) is 0 Å². The van der Waals surface area contributed by atoms with Crippen molar-refractivity contribution in [3.05, 3.63) is 118 Å². The summed E-state index contributed by atoms with van der Waals surface area (Å²) in [6, 6.07) is 28.3. The molecule has 0 radical (unpaired) electrons. The number of carbonyl (C=O) groups excluding carboxylic acids is 2. The predicted molar refractivity (Wildman–Crippen MR) is 150 cm³/mol. The molecule has 2 amide bonds. The first-order valence-corrected chi connectivity index (χ1v) is 13.4. The average Bonchev–Trinajstić information content (AvgIpc) is 3.47. The quantitative estimate of drug-likeness (QED) is 0.241. The van der Waals surface area contributed by atoms with Gasteiger partial charge in [-0.2, -0.15) is 0 Å². The number of carboxylic acid groups (broad SMARTS) is 1. The lowest BCUT2D eigenvalue weighted by molar-refractivity contribution is -0.137. The van der Waals surface area contributed by atoms with Gasteiger partial charge in [-0.15, -0.1) is 11.3 Å². The standard InChI is InChI=1S/C31H30N2O4S/c34-29(35)18-20-33(19-8-12-23-10-2-1-3-11-23)31(37)28-17-7-5-15-26(28)25-14-4-6-16-27(25)30(36)32-22-24-13-9-21-38-24/h1-7,9-11,13-17,21H,8,12,18-20,22H2,(H,32,36)(H,34,35). The molecule has 3 aromatic carbocycles. The van der Waals surface area contributed by atoms with Crippen LogP contribution in [0.5, 0.6) is 0 Å². The van der Waals surface area contributed by atoms with Crippen LogP contribution in [0.25, 0.3) is 11.1 Å². The number of hydrogen-bond acceptors (Lipinski definition) is 4. The van der Waals surface area contributed by atoms with Crippen molar-refractivity contribution in [2.75, 3.05) is 13.1 Å². The fourth-order valence-corrected chi connectivity index (χ4v) is 4.98. The number of amides is 2. The zero-order valence-corrected chi connectivity index (χ0v) is 21.8. The summed E-state index contributed by atoms with van der Waals surface area (Å²) in [4.78, 5) is 40.9. The highest BCUT2D eigenvalue weighted by Crippen LogP contribution is 2.28. The van der Waals surface area contributed by atoms with Crippen LogP contribution in [-0.2, 0) is 17.8 Å². The molecule has 4 aromatic rings. The molecule has 4 rings (SSSR count). The summed E-state index contributed by atoms with van der Waals surface area (Å²) in [5.74, 6) is -1.42. The van der Waals surface area contributed by atoms with Crippen LogP contribution in [0, 0.1) is 0 Å². The zero-order valence-electron chi connectivity index (χ0n) is 21.0. The minimum Gasteiger partial charge on any atom is -0.481 e. The number of carbonyl (C=O) groups is 3. The molecule has 0 bridgehead atoms. The van der Waals surface area contributed by atoms with Crippen molar-refractivity contribution >= 4 is 29.1 Å². The highest BCUT2D eigenvalue weighted by molar-refractivity contribution is 7.09. The molecule has 0 atom stereocenters. The first-order chi connectivity index (χ1) is 18.5. The van der Waals surface area contributed by atoms with E-state index in [0.29, 0.717) is 41.8 Å². The van der Waals surface area contributed by atoms with E-state index in [-0.39, 0.29) is 24.8 Å². The van der Waals surface area contributed by atoms with Crippen LogP contribution < -0.4 is 5.32 Å². The van der Waals surface area contributed by atoms with E-state index >= 15 is 0 Å². The summed E-state index contributed by atoms with van der Waals surface area (Å²) >= 11 is 1.58. The fourth-order valence-electron chi connectivity index (χ4n) is 4.33. The number of hydrogen-bond donors (Lipinski definition) is 2.